The summed E-state index contributed by atoms with van der Waals surface area (Å²) >= 11 is 0. The highest BCUT2D eigenvalue weighted by atomic mass is 16.5. The van der Waals surface area contributed by atoms with Gasteiger partial charge in [0.2, 0.25) is 0 Å². The van der Waals surface area contributed by atoms with Gasteiger partial charge in [-0.1, -0.05) is 66.2 Å². The highest BCUT2D eigenvalue weighted by Gasteiger charge is 2.58. The van der Waals surface area contributed by atoms with Gasteiger partial charge in [0.05, 0.1) is 12.2 Å². The number of aryl methyl sites for hydroxylation is 1. The number of carbonyl (C=O) groups excluding carboxylic acids is 2. The second-order valence-electron chi connectivity index (χ2n) is 7.91. The molecule has 0 unspecified atom stereocenters. The zero-order valence-corrected chi connectivity index (χ0v) is 17.1. The van der Waals surface area contributed by atoms with E-state index in [9.17, 15) is 9.59 Å². The highest BCUT2D eigenvalue weighted by Crippen LogP contribution is 2.47. The van der Waals surface area contributed by atoms with Crippen molar-refractivity contribution in [1.29, 1.82) is 0 Å². The first kappa shape index (κ1) is 19.1. The van der Waals surface area contributed by atoms with Crippen LogP contribution in [0.2, 0.25) is 0 Å². The maximum atomic E-state index is 14.1. The number of cyclic esters (lactones) is 1. The normalized spacial score (nSPS) is 21.8. The van der Waals surface area contributed by atoms with E-state index in [1.165, 1.54) is 6.08 Å². The van der Waals surface area contributed by atoms with Gasteiger partial charge < -0.3 is 15.0 Å². The molecule has 1 N–H and O–H groups in total. The molecule has 0 saturated heterocycles. The summed E-state index contributed by atoms with van der Waals surface area (Å²) in [6.07, 6.45) is 2.31. The number of anilines is 2. The van der Waals surface area contributed by atoms with Crippen LogP contribution in [0.25, 0.3) is 0 Å². The molecule has 0 aliphatic carbocycles. The third-order valence-electron chi connectivity index (χ3n) is 5.83. The molecule has 2 aliphatic rings. The molecule has 154 valence electrons. The average molecular weight is 410 g/mol. The predicted octanol–water partition coefficient (Wildman–Crippen LogP) is 4.33. The topological polar surface area (TPSA) is 58.6 Å². The standard InChI is InChI=1S/C26H22N2O3/c1-18-12-13-22-21(16-18)26(23-14-15-24(29)31-23,27-20-10-6-3-7-11-20)25(30)28(22)17-19-8-4-2-5-9-19/h2-16,23,27H,17H2,1H3/t23-,26-/m0/s1. The molecule has 0 fully saturated rings. The number of ether oxygens (including phenoxy) is 1. The Labute approximate surface area is 181 Å². The van der Waals surface area contributed by atoms with Crippen LogP contribution in [0.15, 0.2) is 91.0 Å². The van der Waals surface area contributed by atoms with Crippen LogP contribution in [0, 0.1) is 6.92 Å². The van der Waals surface area contributed by atoms with Gasteiger partial charge in [-0.15, -0.1) is 0 Å². The van der Waals surface area contributed by atoms with Gasteiger partial charge in [0.1, 0.15) is 0 Å². The van der Waals surface area contributed by atoms with Gasteiger partial charge in [0.15, 0.2) is 11.6 Å². The number of amides is 1. The molecular formula is C26H22N2O3. The molecule has 3 aromatic carbocycles. The van der Waals surface area contributed by atoms with Gasteiger partial charge in [-0.05, 0) is 36.8 Å². The number of nitrogens with one attached hydrogen (secondary N) is 1. The van der Waals surface area contributed by atoms with Gasteiger partial charge >= 0.3 is 5.97 Å². The van der Waals surface area contributed by atoms with Crippen LogP contribution >= 0.6 is 0 Å². The fourth-order valence-electron chi connectivity index (χ4n) is 4.38. The number of carbonyl (C=O) groups is 2. The Bertz CT molecular complexity index is 1170. The number of para-hydroxylation sites is 1. The fourth-order valence-corrected chi connectivity index (χ4v) is 4.38. The zero-order chi connectivity index (χ0) is 21.4. The van der Waals surface area contributed by atoms with Gasteiger partial charge in [-0.3, -0.25) is 4.79 Å². The first-order chi connectivity index (χ1) is 15.1. The predicted molar refractivity (Wildman–Crippen MR) is 120 cm³/mol. The van der Waals surface area contributed by atoms with Crippen LogP contribution in [-0.4, -0.2) is 18.0 Å². The zero-order valence-electron chi connectivity index (χ0n) is 17.1. The second-order valence-corrected chi connectivity index (χ2v) is 7.91. The summed E-state index contributed by atoms with van der Waals surface area (Å²) in [5.41, 5.74) is 3.21. The molecule has 31 heavy (non-hydrogen) atoms. The molecule has 0 radical (unpaired) electrons. The molecular weight excluding hydrogens is 388 g/mol. The van der Waals surface area contributed by atoms with Crippen molar-refractivity contribution in [3.05, 3.63) is 108 Å². The third-order valence-corrected chi connectivity index (χ3v) is 5.83. The largest absolute Gasteiger partial charge is 0.451 e. The summed E-state index contributed by atoms with van der Waals surface area (Å²) in [6.45, 7) is 2.42. The number of hydrogen-bond acceptors (Lipinski definition) is 4. The van der Waals surface area contributed by atoms with Crippen molar-refractivity contribution < 1.29 is 14.3 Å². The van der Waals surface area contributed by atoms with Crippen molar-refractivity contribution in [2.75, 3.05) is 10.2 Å². The molecule has 0 saturated carbocycles. The summed E-state index contributed by atoms with van der Waals surface area (Å²) in [5, 5.41) is 3.45. The molecule has 5 heteroatoms. The van der Waals surface area contributed by atoms with Crippen molar-refractivity contribution in [2.24, 2.45) is 0 Å². The minimum absolute atomic E-state index is 0.148. The number of fused-ring (bicyclic) bond motifs is 1. The average Bonchev–Trinajstić information content (AvgIpc) is 3.31. The molecule has 2 heterocycles. The minimum Gasteiger partial charge on any atom is -0.451 e. The minimum atomic E-state index is -1.25. The van der Waals surface area contributed by atoms with Crippen molar-refractivity contribution in [2.45, 2.75) is 25.1 Å². The first-order valence-electron chi connectivity index (χ1n) is 10.3. The van der Waals surface area contributed by atoms with E-state index < -0.39 is 17.6 Å². The Balaban J connectivity index is 1.67. The van der Waals surface area contributed by atoms with E-state index in [-0.39, 0.29) is 5.91 Å². The van der Waals surface area contributed by atoms with E-state index in [4.69, 9.17) is 4.74 Å². The summed E-state index contributed by atoms with van der Waals surface area (Å²) in [4.78, 5) is 27.9. The van der Waals surface area contributed by atoms with Crippen molar-refractivity contribution >= 4 is 23.3 Å². The fraction of sp³-hybridized carbons (Fsp3) is 0.154. The molecule has 2 atom stereocenters. The van der Waals surface area contributed by atoms with Crippen LogP contribution < -0.4 is 10.2 Å². The quantitative estimate of drug-likeness (QED) is 0.636. The molecule has 3 aromatic rings. The van der Waals surface area contributed by atoms with Gasteiger partial charge in [-0.2, -0.15) is 0 Å². The van der Waals surface area contributed by atoms with E-state index in [2.05, 4.69) is 5.32 Å². The molecule has 5 rings (SSSR count). The third kappa shape index (κ3) is 3.19. The van der Waals surface area contributed by atoms with Crippen LogP contribution in [-0.2, 0) is 26.4 Å². The lowest BCUT2D eigenvalue weighted by molar-refractivity contribution is -0.143. The van der Waals surface area contributed by atoms with E-state index in [1.54, 1.807) is 11.0 Å². The Hall–Kier alpha value is -3.86. The van der Waals surface area contributed by atoms with Crippen LogP contribution in [0.4, 0.5) is 11.4 Å². The lowest BCUT2D eigenvalue weighted by Gasteiger charge is -2.34. The maximum Gasteiger partial charge on any atom is 0.331 e. The molecule has 0 spiro atoms. The SMILES string of the molecule is Cc1ccc2c(c1)[C@](Nc1ccccc1)([C@@H]1C=CC(=O)O1)C(=O)N2Cc1ccccc1. The number of hydrogen-bond donors (Lipinski definition) is 1. The summed E-state index contributed by atoms with van der Waals surface area (Å²) in [5.74, 6) is -0.590. The molecule has 5 nitrogen and oxygen atoms in total. The number of benzene rings is 3. The van der Waals surface area contributed by atoms with Crippen LogP contribution in [0.3, 0.4) is 0 Å². The lowest BCUT2D eigenvalue weighted by Crippen LogP contribution is -2.53. The summed E-state index contributed by atoms with van der Waals surface area (Å²) < 4.78 is 5.63. The number of esters is 1. The second kappa shape index (κ2) is 7.43. The molecule has 1 amide bonds. The van der Waals surface area contributed by atoms with Gasteiger partial charge in [-0.25, -0.2) is 4.79 Å². The van der Waals surface area contributed by atoms with Gasteiger partial charge in [0, 0.05) is 17.3 Å². The van der Waals surface area contributed by atoms with Crippen molar-refractivity contribution in [3.63, 3.8) is 0 Å². The Morgan fingerprint density at radius 3 is 2.35 bits per heavy atom. The van der Waals surface area contributed by atoms with Crippen LogP contribution in [0.5, 0.6) is 0 Å². The Morgan fingerprint density at radius 2 is 1.68 bits per heavy atom. The number of nitrogens with zero attached hydrogens (tertiary/aromatic N) is 1. The van der Waals surface area contributed by atoms with E-state index in [1.807, 2.05) is 85.8 Å². The summed E-state index contributed by atoms with van der Waals surface area (Å²) in [6, 6.07) is 25.4. The van der Waals surface area contributed by atoms with Gasteiger partial charge in [0.25, 0.3) is 5.91 Å². The first-order valence-corrected chi connectivity index (χ1v) is 10.3. The Morgan fingerprint density at radius 1 is 0.968 bits per heavy atom. The molecule has 2 aliphatic heterocycles. The van der Waals surface area contributed by atoms with E-state index >= 15 is 0 Å². The molecule has 0 aromatic heterocycles. The van der Waals surface area contributed by atoms with E-state index in [0.29, 0.717) is 6.54 Å². The molecule has 0 bridgehead atoms. The maximum absolute atomic E-state index is 14.1. The monoisotopic (exact) mass is 410 g/mol. The summed E-state index contributed by atoms with van der Waals surface area (Å²) in [7, 11) is 0. The smallest absolute Gasteiger partial charge is 0.331 e. The van der Waals surface area contributed by atoms with E-state index in [0.717, 1.165) is 28.1 Å². The van der Waals surface area contributed by atoms with Crippen LogP contribution in [0.1, 0.15) is 16.7 Å². The number of rotatable bonds is 5. The highest BCUT2D eigenvalue weighted by molar-refractivity contribution is 6.10. The van der Waals surface area contributed by atoms with Crippen molar-refractivity contribution in [1.82, 2.24) is 0 Å². The lowest BCUT2D eigenvalue weighted by atomic mass is 9.84. The Kier molecular flexibility index (Phi) is 4.59. The van der Waals surface area contributed by atoms with Crippen molar-refractivity contribution in [3.8, 4) is 0 Å².